The van der Waals surface area contributed by atoms with Crippen molar-refractivity contribution in [1.29, 1.82) is 0 Å². The number of benzene rings is 2. The molecule has 0 unspecified atom stereocenters. The number of aliphatic imine (C=N–C) groups is 1. The summed E-state index contributed by atoms with van der Waals surface area (Å²) in [4.78, 5) is 32.3. The van der Waals surface area contributed by atoms with Crippen molar-refractivity contribution >= 4 is 41.0 Å². The fourth-order valence-electron chi connectivity index (χ4n) is 3.77. The van der Waals surface area contributed by atoms with Gasteiger partial charge in [-0.05, 0) is 50.6 Å². The highest BCUT2D eigenvalue weighted by Crippen LogP contribution is 2.40. The molecule has 4 rings (SSSR count). The largest absolute Gasteiger partial charge is 0.463 e. The maximum absolute atomic E-state index is 13.0. The number of nitrogens with zero attached hydrogens (tertiary/aromatic N) is 4. The topological polar surface area (TPSA) is 83.8 Å². The van der Waals surface area contributed by atoms with Crippen LogP contribution >= 0.6 is 11.6 Å². The third kappa shape index (κ3) is 4.21. The van der Waals surface area contributed by atoms with Gasteiger partial charge in [0.15, 0.2) is 0 Å². The Labute approximate surface area is 196 Å². The van der Waals surface area contributed by atoms with Gasteiger partial charge in [0.2, 0.25) is 11.8 Å². The number of guanidine groups is 1. The second-order valence-corrected chi connectivity index (χ2v) is 7.68. The maximum Gasteiger partial charge on any atom is 0.376 e. The Kier molecular flexibility index (Phi) is 6.46. The van der Waals surface area contributed by atoms with E-state index < -0.39 is 18.0 Å². The summed E-state index contributed by atoms with van der Waals surface area (Å²) in [5.74, 6) is -0.723. The van der Waals surface area contributed by atoms with Crippen LogP contribution in [0.4, 0.5) is 5.69 Å². The second kappa shape index (κ2) is 9.46. The molecule has 0 aliphatic carbocycles. The van der Waals surface area contributed by atoms with Crippen LogP contribution in [0.5, 0.6) is 0 Å². The first kappa shape index (κ1) is 22.5. The lowest BCUT2D eigenvalue weighted by atomic mass is 9.94. The Morgan fingerprint density at radius 2 is 1.61 bits per heavy atom. The molecule has 0 amide bonds. The molecular formula is C24H23ClN4O4. The number of carbonyl (C=O) groups excluding carboxylic acids is 2. The highest BCUT2D eigenvalue weighted by Gasteiger charge is 2.47. The minimum Gasteiger partial charge on any atom is -0.463 e. The first-order chi connectivity index (χ1) is 16.0. The highest BCUT2D eigenvalue weighted by atomic mass is 35.5. The molecule has 0 saturated carbocycles. The molecule has 9 heteroatoms. The molecule has 0 radical (unpaired) electrons. The van der Waals surface area contributed by atoms with E-state index in [4.69, 9.17) is 21.1 Å². The van der Waals surface area contributed by atoms with Crippen molar-refractivity contribution in [2.24, 2.45) is 10.1 Å². The van der Waals surface area contributed by atoms with Crippen LogP contribution in [0.3, 0.4) is 0 Å². The molecule has 2 aromatic rings. The minimum atomic E-state index is -0.682. The number of halogens is 1. The average Bonchev–Trinajstić information content (AvgIpc) is 3.18. The van der Waals surface area contributed by atoms with Crippen molar-refractivity contribution in [2.75, 3.05) is 18.2 Å². The summed E-state index contributed by atoms with van der Waals surface area (Å²) in [6, 6.07) is 15.7. The predicted molar refractivity (Wildman–Crippen MR) is 126 cm³/mol. The van der Waals surface area contributed by atoms with Crippen LogP contribution in [0.15, 0.2) is 76.0 Å². The van der Waals surface area contributed by atoms with Crippen LogP contribution in [0.2, 0.25) is 5.02 Å². The van der Waals surface area contributed by atoms with E-state index in [-0.39, 0.29) is 19.0 Å². The highest BCUT2D eigenvalue weighted by molar-refractivity contribution is 6.41. The van der Waals surface area contributed by atoms with E-state index in [1.807, 2.05) is 30.3 Å². The third-order valence-corrected chi connectivity index (χ3v) is 5.41. The zero-order valence-corrected chi connectivity index (χ0v) is 19.2. The minimum absolute atomic E-state index is 0.0219. The lowest BCUT2D eigenvalue weighted by molar-refractivity contribution is -0.139. The van der Waals surface area contributed by atoms with Gasteiger partial charge in [0.1, 0.15) is 0 Å². The SMILES string of the molecule is CCOC(=O)C1=NN(c2ccc(Cl)cc2)C2=NC(C)=C(C(=O)OCC)[C@H](c3ccccc3)N12. The Morgan fingerprint density at radius 1 is 0.970 bits per heavy atom. The Morgan fingerprint density at radius 3 is 2.24 bits per heavy atom. The molecule has 170 valence electrons. The molecule has 0 fully saturated rings. The fourth-order valence-corrected chi connectivity index (χ4v) is 3.90. The van der Waals surface area contributed by atoms with Gasteiger partial charge in [-0.25, -0.2) is 14.6 Å². The summed E-state index contributed by atoms with van der Waals surface area (Å²) < 4.78 is 10.6. The predicted octanol–water partition coefficient (Wildman–Crippen LogP) is 4.29. The molecule has 8 nitrogen and oxygen atoms in total. The summed E-state index contributed by atoms with van der Waals surface area (Å²) in [5, 5.41) is 6.66. The van der Waals surface area contributed by atoms with Gasteiger partial charge in [-0.3, -0.25) is 4.90 Å². The van der Waals surface area contributed by atoms with Crippen LogP contribution in [-0.4, -0.2) is 41.8 Å². The van der Waals surface area contributed by atoms with Crippen LogP contribution in [0, 0.1) is 0 Å². The van der Waals surface area contributed by atoms with Gasteiger partial charge < -0.3 is 9.47 Å². The number of fused-ring (bicyclic) bond motifs is 1. The zero-order chi connectivity index (χ0) is 23.5. The van der Waals surface area contributed by atoms with E-state index >= 15 is 0 Å². The van der Waals surface area contributed by atoms with Crippen molar-refractivity contribution in [3.63, 3.8) is 0 Å². The number of hydrogen-bond acceptors (Lipinski definition) is 8. The van der Waals surface area contributed by atoms with E-state index in [0.29, 0.717) is 27.9 Å². The van der Waals surface area contributed by atoms with Crippen molar-refractivity contribution in [2.45, 2.75) is 26.8 Å². The van der Waals surface area contributed by atoms with Crippen molar-refractivity contribution in [3.8, 4) is 0 Å². The number of carbonyl (C=O) groups is 2. The van der Waals surface area contributed by atoms with Gasteiger partial charge in [-0.1, -0.05) is 41.9 Å². The molecule has 2 aliphatic rings. The second-order valence-electron chi connectivity index (χ2n) is 7.25. The standard InChI is InChI=1S/C24H23ClN4O4/c1-4-32-22(30)19-15(3)26-24-28(20(19)16-9-7-6-8-10-16)21(23(31)33-5-2)27-29(24)18-13-11-17(25)12-14-18/h6-14,20H,4-5H2,1-3H3/t20-/m0/s1. The lowest BCUT2D eigenvalue weighted by Crippen LogP contribution is -2.47. The van der Waals surface area contributed by atoms with Gasteiger partial charge >= 0.3 is 11.9 Å². The zero-order valence-electron chi connectivity index (χ0n) is 18.5. The lowest BCUT2D eigenvalue weighted by Gasteiger charge is -2.35. The van der Waals surface area contributed by atoms with Crippen LogP contribution in [0.1, 0.15) is 32.4 Å². The van der Waals surface area contributed by atoms with Gasteiger partial charge in [0.25, 0.3) is 0 Å². The van der Waals surface area contributed by atoms with E-state index in [1.165, 1.54) is 0 Å². The number of anilines is 1. The van der Waals surface area contributed by atoms with Gasteiger partial charge in [-0.15, -0.1) is 5.10 Å². The van der Waals surface area contributed by atoms with Crippen LogP contribution in [0.25, 0.3) is 0 Å². The summed E-state index contributed by atoms with van der Waals surface area (Å²) in [6.45, 7) is 5.60. The summed E-state index contributed by atoms with van der Waals surface area (Å²) in [5.41, 5.74) is 2.25. The Balaban J connectivity index is 1.92. The normalized spacial score (nSPS) is 17.4. The summed E-state index contributed by atoms with van der Waals surface area (Å²) in [7, 11) is 0. The molecule has 33 heavy (non-hydrogen) atoms. The molecule has 0 spiro atoms. The van der Waals surface area contributed by atoms with Gasteiger partial charge in [0, 0.05) is 5.02 Å². The summed E-state index contributed by atoms with van der Waals surface area (Å²) in [6.07, 6.45) is 0. The molecule has 0 N–H and O–H groups in total. The van der Waals surface area contributed by atoms with E-state index in [9.17, 15) is 9.59 Å². The molecule has 2 aliphatic heterocycles. The molecule has 0 bridgehead atoms. The van der Waals surface area contributed by atoms with Gasteiger partial charge in [0.05, 0.1) is 36.2 Å². The number of allylic oxidation sites excluding steroid dienone is 1. The number of ether oxygens (including phenoxy) is 2. The first-order valence-corrected chi connectivity index (χ1v) is 11.0. The number of rotatable bonds is 6. The van der Waals surface area contributed by atoms with Crippen LogP contribution < -0.4 is 5.01 Å². The van der Waals surface area contributed by atoms with E-state index in [1.54, 1.807) is 54.9 Å². The monoisotopic (exact) mass is 466 g/mol. The maximum atomic E-state index is 13.0. The number of esters is 2. The third-order valence-electron chi connectivity index (χ3n) is 5.16. The first-order valence-electron chi connectivity index (χ1n) is 10.6. The molecule has 2 heterocycles. The fraction of sp³-hybridized carbons (Fsp3) is 0.250. The van der Waals surface area contributed by atoms with Crippen molar-refractivity contribution in [3.05, 3.63) is 76.5 Å². The molecule has 2 aromatic carbocycles. The molecular weight excluding hydrogens is 444 g/mol. The van der Waals surface area contributed by atoms with Crippen molar-refractivity contribution < 1.29 is 19.1 Å². The number of hydrogen-bond donors (Lipinski definition) is 0. The number of hydrazone groups is 1. The Bertz CT molecular complexity index is 1160. The Hall–Kier alpha value is -3.65. The average molecular weight is 467 g/mol. The van der Waals surface area contributed by atoms with E-state index in [2.05, 4.69) is 10.1 Å². The number of amidine groups is 1. The van der Waals surface area contributed by atoms with Crippen molar-refractivity contribution in [1.82, 2.24) is 4.90 Å². The summed E-state index contributed by atoms with van der Waals surface area (Å²) >= 11 is 6.06. The smallest absolute Gasteiger partial charge is 0.376 e. The van der Waals surface area contributed by atoms with Gasteiger partial charge in [-0.2, -0.15) is 5.01 Å². The van der Waals surface area contributed by atoms with Crippen LogP contribution in [-0.2, 0) is 19.1 Å². The molecule has 0 saturated heterocycles. The molecule has 0 aromatic heterocycles. The quantitative estimate of drug-likeness (QED) is 0.590. The van der Waals surface area contributed by atoms with E-state index in [0.717, 1.165) is 5.56 Å². The molecule has 1 atom stereocenters.